The molecule has 1 aliphatic carbocycles. The van der Waals surface area contributed by atoms with Crippen molar-refractivity contribution >= 4 is 15.9 Å². The Morgan fingerprint density at radius 2 is 2.15 bits per heavy atom. The lowest BCUT2D eigenvalue weighted by atomic mass is 9.77. The van der Waals surface area contributed by atoms with Gasteiger partial charge in [0.25, 0.3) is 0 Å². The first-order valence-corrected chi connectivity index (χ1v) is 8.15. The molecule has 3 nitrogen and oxygen atoms in total. The second-order valence-corrected chi connectivity index (χ2v) is 7.08. The summed E-state index contributed by atoms with van der Waals surface area (Å²) >= 11 is 3.54. The third kappa shape index (κ3) is 3.42. The molecule has 4 N–H and O–H groups in total. The molecule has 0 bridgehead atoms. The fourth-order valence-corrected chi connectivity index (χ4v) is 3.37. The van der Waals surface area contributed by atoms with Crippen LogP contribution in [-0.4, -0.2) is 29.8 Å². The second-order valence-electron chi connectivity index (χ2n) is 6.17. The summed E-state index contributed by atoms with van der Waals surface area (Å²) in [7, 11) is 0. The molecule has 0 fully saturated rings. The molecular weight excluding hydrogens is 316 g/mol. The molecule has 0 heterocycles. The largest absolute Gasteiger partial charge is 0.396 e. The van der Waals surface area contributed by atoms with Gasteiger partial charge in [-0.05, 0) is 55.4 Å². The number of aryl methyl sites for hydroxylation is 1. The van der Waals surface area contributed by atoms with Gasteiger partial charge in [-0.3, -0.25) is 0 Å². The summed E-state index contributed by atoms with van der Waals surface area (Å²) in [5.41, 5.74) is 8.86. The summed E-state index contributed by atoms with van der Waals surface area (Å²) < 4.78 is 1.15. The number of nitrogens with two attached hydrogens (primary N) is 1. The fraction of sp³-hybridized carbons (Fsp3) is 0.625. The topological polar surface area (TPSA) is 58.3 Å². The maximum absolute atomic E-state index is 9.30. The average Bonchev–Trinajstić information content (AvgIpc) is 2.46. The zero-order valence-corrected chi connectivity index (χ0v) is 13.9. The highest BCUT2D eigenvalue weighted by Crippen LogP contribution is 2.31. The highest BCUT2D eigenvalue weighted by Gasteiger charge is 2.34. The molecule has 0 aliphatic heterocycles. The number of hydrogen-bond donors (Lipinski definition) is 3. The highest BCUT2D eigenvalue weighted by atomic mass is 79.9. The summed E-state index contributed by atoms with van der Waals surface area (Å²) in [5.74, 6) is 0.240. The van der Waals surface area contributed by atoms with Gasteiger partial charge in [0.2, 0.25) is 0 Å². The molecule has 3 unspecified atom stereocenters. The van der Waals surface area contributed by atoms with Gasteiger partial charge in [0.05, 0.1) is 0 Å². The van der Waals surface area contributed by atoms with Gasteiger partial charge in [0.15, 0.2) is 0 Å². The van der Waals surface area contributed by atoms with E-state index in [1.807, 2.05) is 0 Å². The first-order chi connectivity index (χ1) is 9.49. The number of hydrogen-bond acceptors (Lipinski definition) is 3. The van der Waals surface area contributed by atoms with E-state index < -0.39 is 0 Å². The van der Waals surface area contributed by atoms with E-state index >= 15 is 0 Å². The molecule has 0 spiro atoms. The van der Waals surface area contributed by atoms with Crippen molar-refractivity contribution in [2.24, 2.45) is 11.7 Å². The lowest BCUT2D eigenvalue weighted by molar-refractivity contribution is 0.172. The molecule has 0 aromatic heterocycles. The van der Waals surface area contributed by atoms with Crippen molar-refractivity contribution in [1.82, 2.24) is 5.32 Å². The van der Waals surface area contributed by atoms with E-state index in [1.54, 1.807) is 0 Å². The van der Waals surface area contributed by atoms with Crippen LogP contribution in [0, 0.1) is 5.92 Å². The van der Waals surface area contributed by atoms with Gasteiger partial charge < -0.3 is 16.2 Å². The molecule has 1 aromatic carbocycles. The molecule has 1 aliphatic rings. The summed E-state index contributed by atoms with van der Waals surface area (Å²) in [6.07, 6.45) is 3.07. The average molecular weight is 341 g/mol. The number of nitrogens with one attached hydrogen (secondary N) is 1. The maximum Gasteiger partial charge on any atom is 0.0471 e. The number of rotatable bonds is 5. The van der Waals surface area contributed by atoms with Crippen LogP contribution in [0.5, 0.6) is 0 Å². The molecule has 112 valence electrons. The monoisotopic (exact) mass is 340 g/mol. The number of halogens is 1. The Hall–Kier alpha value is -0.420. The zero-order chi connectivity index (χ0) is 14.8. The van der Waals surface area contributed by atoms with E-state index in [2.05, 4.69) is 53.3 Å². The van der Waals surface area contributed by atoms with Gasteiger partial charge in [-0.15, -0.1) is 0 Å². The SMILES string of the molecule is CC(CO)C(C)NC1(CN)CCc2cc(Br)ccc2C1. The first kappa shape index (κ1) is 16.0. The summed E-state index contributed by atoms with van der Waals surface area (Å²) in [6, 6.07) is 6.78. The molecule has 3 atom stereocenters. The van der Waals surface area contributed by atoms with Gasteiger partial charge in [0, 0.05) is 29.2 Å². The van der Waals surface area contributed by atoms with Gasteiger partial charge in [-0.1, -0.05) is 28.9 Å². The Labute approximate surface area is 130 Å². The second kappa shape index (κ2) is 6.56. The lowest BCUT2D eigenvalue weighted by Crippen LogP contribution is -2.59. The van der Waals surface area contributed by atoms with Crippen LogP contribution >= 0.6 is 15.9 Å². The van der Waals surface area contributed by atoms with Gasteiger partial charge in [0.1, 0.15) is 0 Å². The van der Waals surface area contributed by atoms with E-state index in [4.69, 9.17) is 5.73 Å². The lowest BCUT2D eigenvalue weighted by Gasteiger charge is -2.41. The molecule has 0 saturated heterocycles. The van der Waals surface area contributed by atoms with E-state index in [0.29, 0.717) is 6.54 Å². The smallest absolute Gasteiger partial charge is 0.0471 e. The Morgan fingerprint density at radius 3 is 2.80 bits per heavy atom. The summed E-state index contributed by atoms with van der Waals surface area (Å²) in [6.45, 7) is 5.04. The fourth-order valence-electron chi connectivity index (χ4n) is 2.97. The standard InChI is InChI=1S/C16H25BrN2O/c1-11(9-20)12(2)19-16(10-18)6-5-13-7-15(17)4-3-14(13)8-16/h3-4,7,11-12,19-20H,5-6,8-10,18H2,1-2H3. The van der Waals surface area contributed by atoms with Crippen molar-refractivity contribution < 1.29 is 5.11 Å². The van der Waals surface area contributed by atoms with Gasteiger partial charge >= 0.3 is 0 Å². The van der Waals surface area contributed by atoms with Crippen LogP contribution in [0.15, 0.2) is 22.7 Å². The van der Waals surface area contributed by atoms with Crippen molar-refractivity contribution in [3.05, 3.63) is 33.8 Å². The van der Waals surface area contributed by atoms with Crippen molar-refractivity contribution in [2.75, 3.05) is 13.2 Å². The number of aliphatic hydroxyl groups is 1. The molecule has 4 heteroatoms. The quantitative estimate of drug-likeness (QED) is 0.770. The van der Waals surface area contributed by atoms with Crippen molar-refractivity contribution in [2.45, 2.75) is 44.7 Å². The van der Waals surface area contributed by atoms with Gasteiger partial charge in [-0.2, -0.15) is 0 Å². The molecular formula is C16H25BrN2O. The van der Waals surface area contributed by atoms with Crippen LogP contribution in [0.4, 0.5) is 0 Å². The number of benzene rings is 1. The Kier molecular flexibility index (Phi) is 5.24. The van der Waals surface area contributed by atoms with Crippen LogP contribution in [0.2, 0.25) is 0 Å². The van der Waals surface area contributed by atoms with E-state index in [-0.39, 0.29) is 24.1 Å². The first-order valence-electron chi connectivity index (χ1n) is 7.35. The van der Waals surface area contributed by atoms with Crippen molar-refractivity contribution in [1.29, 1.82) is 0 Å². The summed E-state index contributed by atoms with van der Waals surface area (Å²) in [5, 5.41) is 13.0. The third-order valence-electron chi connectivity index (χ3n) is 4.64. The molecule has 2 rings (SSSR count). The van der Waals surface area contributed by atoms with Crippen LogP contribution in [-0.2, 0) is 12.8 Å². The van der Waals surface area contributed by atoms with Crippen LogP contribution in [0.1, 0.15) is 31.4 Å². The van der Waals surface area contributed by atoms with Crippen molar-refractivity contribution in [3.8, 4) is 0 Å². The minimum atomic E-state index is -0.0380. The minimum Gasteiger partial charge on any atom is -0.396 e. The maximum atomic E-state index is 9.30. The number of aliphatic hydroxyl groups excluding tert-OH is 1. The van der Waals surface area contributed by atoms with Crippen LogP contribution < -0.4 is 11.1 Å². The predicted molar refractivity (Wildman–Crippen MR) is 86.8 cm³/mol. The highest BCUT2D eigenvalue weighted by molar-refractivity contribution is 9.10. The number of fused-ring (bicyclic) bond motifs is 1. The molecule has 1 aromatic rings. The van der Waals surface area contributed by atoms with E-state index in [9.17, 15) is 5.11 Å². The van der Waals surface area contributed by atoms with E-state index in [1.165, 1.54) is 11.1 Å². The Balaban J connectivity index is 2.15. The van der Waals surface area contributed by atoms with Gasteiger partial charge in [-0.25, -0.2) is 0 Å². The third-order valence-corrected chi connectivity index (χ3v) is 5.13. The predicted octanol–water partition coefficient (Wildman–Crippen LogP) is 2.24. The Morgan fingerprint density at radius 1 is 1.40 bits per heavy atom. The zero-order valence-electron chi connectivity index (χ0n) is 12.3. The molecule has 20 heavy (non-hydrogen) atoms. The van der Waals surface area contributed by atoms with E-state index in [0.717, 1.165) is 23.7 Å². The van der Waals surface area contributed by atoms with Crippen LogP contribution in [0.25, 0.3) is 0 Å². The molecule has 0 amide bonds. The minimum absolute atomic E-state index is 0.0380. The Bertz CT molecular complexity index is 466. The van der Waals surface area contributed by atoms with Crippen LogP contribution in [0.3, 0.4) is 0 Å². The normalized spacial score (nSPS) is 25.1. The molecule has 0 radical (unpaired) electrons. The summed E-state index contributed by atoms with van der Waals surface area (Å²) in [4.78, 5) is 0. The molecule has 0 saturated carbocycles. The van der Waals surface area contributed by atoms with Crippen molar-refractivity contribution in [3.63, 3.8) is 0 Å².